The Morgan fingerprint density at radius 1 is 1.53 bits per heavy atom. The maximum absolute atomic E-state index is 11.8. The van der Waals surface area contributed by atoms with Crippen LogP contribution < -0.4 is 11.1 Å². The summed E-state index contributed by atoms with van der Waals surface area (Å²) in [5, 5.41) is 13.0. The summed E-state index contributed by atoms with van der Waals surface area (Å²) in [4.78, 5) is 11.8. The van der Waals surface area contributed by atoms with Gasteiger partial charge in [-0.05, 0) is 13.8 Å². The second-order valence-corrected chi connectivity index (χ2v) is 3.95. The monoisotopic (exact) mass is 234 g/mol. The number of nitrogen functional groups attached to an aromatic ring is 1. The predicted molar refractivity (Wildman–Crippen MR) is 63.6 cm³/mol. The first-order chi connectivity index (χ1) is 8.08. The van der Waals surface area contributed by atoms with Crippen LogP contribution in [0.15, 0.2) is 18.6 Å². The predicted octanol–water partition coefficient (Wildman–Crippen LogP) is 1.02. The van der Waals surface area contributed by atoms with Crippen molar-refractivity contribution in [2.75, 3.05) is 11.1 Å². The largest absolute Gasteiger partial charge is 0.383 e. The van der Waals surface area contributed by atoms with Crippen LogP contribution in [0.5, 0.6) is 0 Å². The standard InChI is InChI=1S/C10H14N6O/c1-6(2)16-5-7(3-13-16)14-10(17)8-4-12-15-9(8)11/h3-6H,1-2H3,(H,14,17)(H3,11,12,15). The van der Waals surface area contributed by atoms with Gasteiger partial charge in [0.05, 0.1) is 18.1 Å². The van der Waals surface area contributed by atoms with Gasteiger partial charge in [-0.25, -0.2) is 0 Å². The van der Waals surface area contributed by atoms with Crippen LogP contribution in [0, 0.1) is 0 Å². The van der Waals surface area contributed by atoms with Crippen molar-refractivity contribution in [3.05, 3.63) is 24.2 Å². The molecular formula is C10H14N6O. The third kappa shape index (κ3) is 2.27. The molecule has 0 bridgehead atoms. The number of amides is 1. The summed E-state index contributed by atoms with van der Waals surface area (Å²) >= 11 is 0. The van der Waals surface area contributed by atoms with Gasteiger partial charge in [-0.2, -0.15) is 10.2 Å². The summed E-state index contributed by atoms with van der Waals surface area (Å²) in [5.74, 6) is -0.0571. The second kappa shape index (κ2) is 4.28. The molecule has 0 aliphatic carbocycles. The number of carbonyl (C=O) groups excluding carboxylic acids is 1. The molecule has 2 heterocycles. The number of nitrogens with one attached hydrogen (secondary N) is 2. The fourth-order valence-electron chi connectivity index (χ4n) is 1.36. The highest BCUT2D eigenvalue weighted by molar-refractivity contribution is 6.06. The molecule has 0 unspecified atom stereocenters. The number of nitrogens with zero attached hydrogens (tertiary/aromatic N) is 3. The Kier molecular flexibility index (Phi) is 2.82. The fraction of sp³-hybridized carbons (Fsp3) is 0.300. The number of nitrogens with two attached hydrogens (primary N) is 1. The van der Waals surface area contributed by atoms with Gasteiger partial charge in [0.1, 0.15) is 11.4 Å². The first kappa shape index (κ1) is 11.2. The average Bonchev–Trinajstić information content (AvgIpc) is 2.86. The first-order valence-electron chi connectivity index (χ1n) is 5.22. The molecule has 0 fully saturated rings. The van der Waals surface area contributed by atoms with E-state index in [1.807, 2.05) is 13.8 Å². The third-order valence-electron chi connectivity index (χ3n) is 2.30. The summed E-state index contributed by atoms with van der Waals surface area (Å²) in [5.41, 5.74) is 6.50. The van der Waals surface area contributed by atoms with E-state index in [1.165, 1.54) is 6.20 Å². The van der Waals surface area contributed by atoms with E-state index in [4.69, 9.17) is 5.73 Å². The topological polar surface area (TPSA) is 102 Å². The fourth-order valence-corrected chi connectivity index (χ4v) is 1.36. The lowest BCUT2D eigenvalue weighted by Crippen LogP contribution is -2.12. The van der Waals surface area contributed by atoms with E-state index in [9.17, 15) is 4.79 Å². The number of hydrogen-bond acceptors (Lipinski definition) is 4. The van der Waals surface area contributed by atoms with Crippen molar-refractivity contribution in [2.24, 2.45) is 0 Å². The zero-order valence-electron chi connectivity index (χ0n) is 9.64. The van der Waals surface area contributed by atoms with Crippen molar-refractivity contribution in [1.82, 2.24) is 20.0 Å². The van der Waals surface area contributed by atoms with Crippen LogP contribution in [0.4, 0.5) is 11.5 Å². The molecule has 4 N–H and O–H groups in total. The molecule has 0 aliphatic heterocycles. The Morgan fingerprint density at radius 3 is 2.82 bits per heavy atom. The third-order valence-corrected chi connectivity index (χ3v) is 2.30. The molecule has 2 aromatic heterocycles. The van der Waals surface area contributed by atoms with Crippen LogP contribution in [0.3, 0.4) is 0 Å². The van der Waals surface area contributed by atoms with Gasteiger partial charge in [0.25, 0.3) is 5.91 Å². The Hall–Kier alpha value is -2.31. The number of aromatic nitrogens is 4. The van der Waals surface area contributed by atoms with Crippen molar-refractivity contribution >= 4 is 17.4 Å². The molecule has 7 nitrogen and oxygen atoms in total. The van der Waals surface area contributed by atoms with Gasteiger partial charge in [0, 0.05) is 12.2 Å². The summed E-state index contributed by atoms with van der Waals surface area (Å²) in [6.45, 7) is 4.01. The molecule has 0 spiro atoms. The normalized spacial score (nSPS) is 10.8. The van der Waals surface area contributed by atoms with E-state index in [0.29, 0.717) is 11.3 Å². The molecule has 0 atom stereocenters. The van der Waals surface area contributed by atoms with E-state index >= 15 is 0 Å². The molecule has 2 aromatic rings. The van der Waals surface area contributed by atoms with E-state index in [0.717, 1.165) is 0 Å². The maximum Gasteiger partial charge on any atom is 0.261 e. The summed E-state index contributed by atoms with van der Waals surface area (Å²) in [6, 6.07) is 0.250. The lowest BCUT2D eigenvalue weighted by atomic mass is 10.3. The molecule has 0 aromatic carbocycles. The molecule has 0 saturated carbocycles. The highest BCUT2D eigenvalue weighted by atomic mass is 16.1. The van der Waals surface area contributed by atoms with Crippen LogP contribution >= 0.6 is 0 Å². The molecule has 0 radical (unpaired) electrons. The van der Waals surface area contributed by atoms with Gasteiger partial charge in [0.15, 0.2) is 0 Å². The zero-order valence-corrected chi connectivity index (χ0v) is 9.64. The molecule has 7 heteroatoms. The summed E-state index contributed by atoms with van der Waals surface area (Å²) in [7, 11) is 0. The molecule has 1 amide bonds. The molecule has 17 heavy (non-hydrogen) atoms. The zero-order chi connectivity index (χ0) is 12.4. The highest BCUT2D eigenvalue weighted by Crippen LogP contribution is 2.13. The summed E-state index contributed by atoms with van der Waals surface area (Å²) < 4.78 is 1.76. The van der Waals surface area contributed by atoms with Gasteiger partial charge in [-0.15, -0.1) is 0 Å². The molecule has 0 aliphatic rings. The van der Waals surface area contributed by atoms with Gasteiger partial charge >= 0.3 is 0 Å². The van der Waals surface area contributed by atoms with Crippen molar-refractivity contribution in [3.8, 4) is 0 Å². The van der Waals surface area contributed by atoms with Crippen LogP contribution in [0.25, 0.3) is 0 Å². The molecule has 2 rings (SSSR count). The SMILES string of the molecule is CC(C)n1cc(NC(=O)c2cn[nH]c2N)cn1. The maximum atomic E-state index is 11.8. The first-order valence-corrected chi connectivity index (χ1v) is 5.22. The van der Waals surface area contributed by atoms with Gasteiger partial charge in [0.2, 0.25) is 0 Å². The average molecular weight is 234 g/mol. The molecule has 0 saturated heterocycles. The molecular weight excluding hydrogens is 220 g/mol. The van der Waals surface area contributed by atoms with Crippen LogP contribution in [0.1, 0.15) is 30.2 Å². The minimum absolute atomic E-state index is 0.249. The minimum atomic E-state index is -0.306. The van der Waals surface area contributed by atoms with Crippen molar-refractivity contribution in [3.63, 3.8) is 0 Å². The minimum Gasteiger partial charge on any atom is -0.383 e. The smallest absolute Gasteiger partial charge is 0.261 e. The lowest BCUT2D eigenvalue weighted by Gasteiger charge is -2.03. The van der Waals surface area contributed by atoms with Crippen LogP contribution in [-0.2, 0) is 0 Å². The number of H-pyrrole nitrogens is 1. The van der Waals surface area contributed by atoms with Gasteiger partial charge in [-0.1, -0.05) is 0 Å². The van der Waals surface area contributed by atoms with Gasteiger partial charge < -0.3 is 11.1 Å². The lowest BCUT2D eigenvalue weighted by molar-refractivity contribution is 0.102. The van der Waals surface area contributed by atoms with E-state index in [-0.39, 0.29) is 17.8 Å². The van der Waals surface area contributed by atoms with E-state index in [2.05, 4.69) is 20.6 Å². The van der Waals surface area contributed by atoms with Crippen molar-refractivity contribution < 1.29 is 4.79 Å². The quantitative estimate of drug-likeness (QED) is 0.737. The molecule has 90 valence electrons. The van der Waals surface area contributed by atoms with E-state index in [1.54, 1.807) is 17.1 Å². The Labute approximate surface area is 98.0 Å². The van der Waals surface area contributed by atoms with E-state index < -0.39 is 0 Å². The van der Waals surface area contributed by atoms with Crippen LogP contribution in [0.2, 0.25) is 0 Å². The highest BCUT2D eigenvalue weighted by Gasteiger charge is 2.12. The Morgan fingerprint density at radius 2 is 2.29 bits per heavy atom. The van der Waals surface area contributed by atoms with Gasteiger partial charge in [-0.3, -0.25) is 14.6 Å². The Bertz CT molecular complexity index is 526. The number of anilines is 2. The number of carbonyl (C=O) groups is 1. The van der Waals surface area contributed by atoms with Crippen molar-refractivity contribution in [2.45, 2.75) is 19.9 Å². The van der Waals surface area contributed by atoms with Crippen LogP contribution in [-0.4, -0.2) is 25.9 Å². The summed E-state index contributed by atoms with van der Waals surface area (Å²) in [6.07, 6.45) is 4.74. The second-order valence-electron chi connectivity index (χ2n) is 3.95. The number of hydrogen-bond donors (Lipinski definition) is 3. The van der Waals surface area contributed by atoms with Crippen molar-refractivity contribution in [1.29, 1.82) is 0 Å². The Balaban J connectivity index is 2.11. The number of rotatable bonds is 3. The number of aromatic amines is 1.